The summed E-state index contributed by atoms with van der Waals surface area (Å²) in [6.07, 6.45) is 1.79. The molecule has 0 saturated carbocycles. The lowest BCUT2D eigenvalue weighted by molar-refractivity contribution is -0.134. The van der Waals surface area contributed by atoms with E-state index in [4.69, 9.17) is 4.74 Å². The van der Waals surface area contributed by atoms with E-state index in [1.54, 1.807) is 11.9 Å². The van der Waals surface area contributed by atoms with Crippen molar-refractivity contribution in [3.8, 4) is 5.75 Å². The van der Waals surface area contributed by atoms with E-state index < -0.39 is 11.6 Å². The number of hydrogen-bond acceptors (Lipinski definition) is 3. The van der Waals surface area contributed by atoms with Gasteiger partial charge >= 0.3 is 0 Å². The van der Waals surface area contributed by atoms with Crippen LogP contribution < -0.4 is 10.1 Å². The number of halogens is 2. The Kier molecular flexibility index (Phi) is 4.89. The SMILES string of the molecule is CN(C(=O)COc1ccc(F)cc1F)C1CCNCC1. The fourth-order valence-electron chi connectivity index (χ4n) is 2.23. The quantitative estimate of drug-likeness (QED) is 0.912. The number of ether oxygens (including phenoxy) is 1. The van der Waals surface area contributed by atoms with E-state index in [2.05, 4.69) is 5.32 Å². The smallest absolute Gasteiger partial charge is 0.260 e. The molecule has 0 spiro atoms. The molecule has 1 aliphatic heterocycles. The molecule has 0 aliphatic carbocycles. The van der Waals surface area contributed by atoms with Crippen molar-refractivity contribution in [3.63, 3.8) is 0 Å². The third-order valence-corrected chi connectivity index (χ3v) is 3.49. The summed E-state index contributed by atoms with van der Waals surface area (Å²) in [5, 5.41) is 3.22. The molecular formula is C14H18F2N2O2. The van der Waals surface area contributed by atoms with E-state index in [1.807, 2.05) is 0 Å². The maximum Gasteiger partial charge on any atom is 0.260 e. The summed E-state index contributed by atoms with van der Waals surface area (Å²) in [5.74, 6) is -1.80. The number of rotatable bonds is 4. The minimum Gasteiger partial charge on any atom is -0.481 e. The summed E-state index contributed by atoms with van der Waals surface area (Å²) in [5.41, 5.74) is 0. The molecule has 1 aromatic carbocycles. The van der Waals surface area contributed by atoms with Gasteiger partial charge in [0.2, 0.25) is 0 Å². The monoisotopic (exact) mass is 284 g/mol. The minimum absolute atomic E-state index is 0.113. The highest BCUT2D eigenvalue weighted by Gasteiger charge is 2.22. The Balaban J connectivity index is 1.87. The maximum absolute atomic E-state index is 13.4. The summed E-state index contributed by atoms with van der Waals surface area (Å²) in [7, 11) is 1.72. The second-order valence-electron chi connectivity index (χ2n) is 4.85. The van der Waals surface area contributed by atoms with Crippen LogP contribution in [-0.4, -0.2) is 43.6 Å². The normalized spacial score (nSPS) is 15.9. The van der Waals surface area contributed by atoms with Crippen molar-refractivity contribution in [2.24, 2.45) is 0 Å². The third-order valence-electron chi connectivity index (χ3n) is 3.49. The summed E-state index contributed by atoms with van der Waals surface area (Å²) in [6, 6.07) is 3.20. The molecule has 0 radical (unpaired) electrons. The number of nitrogens with one attached hydrogen (secondary N) is 1. The lowest BCUT2D eigenvalue weighted by Crippen LogP contribution is -2.45. The Labute approximate surface area is 116 Å². The topological polar surface area (TPSA) is 41.6 Å². The van der Waals surface area contributed by atoms with Crippen molar-refractivity contribution in [2.45, 2.75) is 18.9 Å². The average molecular weight is 284 g/mol. The lowest BCUT2D eigenvalue weighted by Gasteiger charge is -2.31. The van der Waals surface area contributed by atoms with Crippen molar-refractivity contribution < 1.29 is 18.3 Å². The van der Waals surface area contributed by atoms with E-state index in [0.717, 1.165) is 38.1 Å². The molecule has 6 heteroatoms. The molecule has 110 valence electrons. The number of carbonyl (C=O) groups excluding carboxylic acids is 1. The molecule has 1 amide bonds. The molecule has 1 heterocycles. The van der Waals surface area contributed by atoms with Gasteiger partial charge in [0.15, 0.2) is 18.2 Å². The van der Waals surface area contributed by atoms with E-state index in [9.17, 15) is 13.6 Å². The van der Waals surface area contributed by atoms with Gasteiger partial charge in [-0.05, 0) is 38.1 Å². The highest BCUT2D eigenvalue weighted by molar-refractivity contribution is 5.77. The molecule has 1 fully saturated rings. The minimum atomic E-state index is -0.803. The number of likely N-dealkylation sites (N-methyl/N-ethyl adjacent to an activating group) is 1. The van der Waals surface area contributed by atoms with Crippen LogP contribution in [0.4, 0.5) is 8.78 Å². The predicted octanol–water partition coefficient (Wildman–Crippen LogP) is 1.55. The average Bonchev–Trinajstić information content (AvgIpc) is 2.46. The molecular weight excluding hydrogens is 266 g/mol. The van der Waals surface area contributed by atoms with Gasteiger partial charge in [-0.1, -0.05) is 0 Å². The number of carbonyl (C=O) groups is 1. The third kappa shape index (κ3) is 3.66. The highest BCUT2D eigenvalue weighted by atomic mass is 19.1. The Morgan fingerprint density at radius 3 is 2.75 bits per heavy atom. The van der Waals surface area contributed by atoms with E-state index >= 15 is 0 Å². The van der Waals surface area contributed by atoms with Gasteiger partial charge in [-0.2, -0.15) is 0 Å². The van der Waals surface area contributed by atoms with Gasteiger partial charge in [-0.25, -0.2) is 8.78 Å². The summed E-state index contributed by atoms with van der Waals surface area (Å²) < 4.78 is 31.2. The largest absolute Gasteiger partial charge is 0.481 e. The zero-order valence-corrected chi connectivity index (χ0v) is 11.4. The van der Waals surface area contributed by atoms with Crippen molar-refractivity contribution in [2.75, 3.05) is 26.7 Å². The van der Waals surface area contributed by atoms with Crippen LogP contribution in [0.5, 0.6) is 5.75 Å². The van der Waals surface area contributed by atoms with Gasteiger partial charge < -0.3 is 15.0 Å². The Morgan fingerprint density at radius 1 is 1.40 bits per heavy atom. The van der Waals surface area contributed by atoms with Crippen molar-refractivity contribution in [1.82, 2.24) is 10.2 Å². The summed E-state index contributed by atoms with van der Waals surface area (Å²) >= 11 is 0. The Morgan fingerprint density at radius 2 is 2.10 bits per heavy atom. The van der Waals surface area contributed by atoms with Crippen LogP contribution in [0, 0.1) is 11.6 Å². The van der Waals surface area contributed by atoms with Crippen LogP contribution in [0.1, 0.15) is 12.8 Å². The molecule has 0 unspecified atom stereocenters. The molecule has 2 rings (SSSR count). The fourth-order valence-corrected chi connectivity index (χ4v) is 2.23. The molecule has 1 N–H and O–H groups in total. The number of nitrogens with zero attached hydrogens (tertiary/aromatic N) is 1. The van der Waals surface area contributed by atoms with Gasteiger partial charge in [0.25, 0.3) is 5.91 Å². The second kappa shape index (κ2) is 6.65. The van der Waals surface area contributed by atoms with Crippen LogP contribution >= 0.6 is 0 Å². The molecule has 0 atom stereocenters. The molecule has 1 aliphatic rings. The molecule has 0 aromatic heterocycles. The first kappa shape index (κ1) is 14.7. The lowest BCUT2D eigenvalue weighted by atomic mass is 10.1. The van der Waals surface area contributed by atoms with Crippen molar-refractivity contribution in [1.29, 1.82) is 0 Å². The first-order chi connectivity index (χ1) is 9.58. The van der Waals surface area contributed by atoms with Crippen LogP contribution in [-0.2, 0) is 4.79 Å². The second-order valence-corrected chi connectivity index (χ2v) is 4.85. The van der Waals surface area contributed by atoms with Crippen molar-refractivity contribution in [3.05, 3.63) is 29.8 Å². The number of hydrogen-bond donors (Lipinski definition) is 1. The van der Waals surface area contributed by atoms with Crippen LogP contribution in [0.2, 0.25) is 0 Å². The number of benzene rings is 1. The van der Waals surface area contributed by atoms with Crippen molar-refractivity contribution >= 4 is 5.91 Å². The summed E-state index contributed by atoms with van der Waals surface area (Å²) in [6.45, 7) is 1.52. The molecule has 1 saturated heterocycles. The van der Waals surface area contributed by atoms with Crippen LogP contribution in [0.25, 0.3) is 0 Å². The van der Waals surface area contributed by atoms with Gasteiger partial charge in [-0.15, -0.1) is 0 Å². The summed E-state index contributed by atoms with van der Waals surface area (Å²) in [4.78, 5) is 13.6. The molecule has 20 heavy (non-hydrogen) atoms. The zero-order valence-electron chi connectivity index (χ0n) is 11.4. The Bertz CT molecular complexity index is 476. The first-order valence-corrected chi connectivity index (χ1v) is 6.62. The van der Waals surface area contributed by atoms with E-state index in [1.165, 1.54) is 6.07 Å². The zero-order chi connectivity index (χ0) is 14.5. The first-order valence-electron chi connectivity index (χ1n) is 6.62. The number of amides is 1. The van der Waals surface area contributed by atoms with Gasteiger partial charge in [0, 0.05) is 19.2 Å². The standard InChI is InChI=1S/C14H18F2N2O2/c1-18(11-4-6-17-7-5-11)14(19)9-20-13-3-2-10(15)8-12(13)16/h2-3,8,11,17H,4-7,9H2,1H3. The van der Waals surface area contributed by atoms with E-state index in [-0.39, 0.29) is 24.3 Å². The maximum atomic E-state index is 13.4. The van der Waals surface area contributed by atoms with Crippen LogP contribution in [0.3, 0.4) is 0 Å². The highest BCUT2D eigenvalue weighted by Crippen LogP contribution is 2.18. The molecule has 4 nitrogen and oxygen atoms in total. The number of piperidine rings is 1. The van der Waals surface area contributed by atoms with Gasteiger partial charge in [0.05, 0.1) is 0 Å². The molecule has 1 aromatic rings. The Hall–Kier alpha value is -1.69. The van der Waals surface area contributed by atoms with E-state index in [0.29, 0.717) is 0 Å². The van der Waals surface area contributed by atoms with Crippen LogP contribution in [0.15, 0.2) is 18.2 Å². The predicted molar refractivity (Wildman–Crippen MR) is 70.5 cm³/mol. The fraction of sp³-hybridized carbons (Fsp3) is 0.500. The molecule has 0 bridgehead atoms. The van der Waals surface area contributed by atoms with Gasteiger partial charge in [0.1, 0.15) is 5.82 Å². The van der Waals surface area contributed by atoms with Gasteiger partial charge in [-0.3, -0.25) is 4.79 Å².